The van der Waals surface area contributed by atoms with Crippen LogP contribution in [0.15, 0.2) is 24.3 Å². The van der Waals surface area contributed by atoms with Crippen LogP contribution in [-0.4, -0.2) is 38.4 Å². The minimum absolute atomic E-state index is 0.269. The number of nitrogens with one attached hydrogen (secondary N) is 3. The summed E-state index contributed by atoms with van der Waals surface area (Å²) < 4.78 is 4.68. The van der Waals surface area contributed by atoms with E-state index in [0.29, 0.717) is 31.3 Å². The number of benzene rings is 1. The second-order valence-corrected chi connectivity index (χ2v) is 4.64. The molecule has 3 amide bonds. The van der Waals surface area contributed by atoms with Crippen molar-refractivity contribution >= 4 is 23.7 Å². The maximum atomic E-state index is 11.5. The summed E-state index contributed by atoms with van der Waals surface area (Å²) in [5.41, 5.74) is 1.10. The van der Waals surface area contributed by atoms with Crippen LogP contribution in [0.4, 0.5) is 9.59 Å². The zero-order chi connectivity index (χ0) is 15.5. The van der Waals surface area contributed by atoms with E-state index in [9.17, 15) is 9.59 Å². The monoisotopic (exact) mass is 313 g/mol. The third-order valence-electron chi connectivity index (χ3n) is 2.57. The minimum Gasteiger partial charge on any atom is -0.450 e. The molecular weight excluding hydrogens is 294 g/mol. The fourth-order valence-corrected chi connectivity index (χ4v) is 1.68. The largest absolute Gasteiger partial charge is 0.450 e. The van der Waals surface area contributed by atoms with Crippen LogP contribution >= 0.6 is 11.6 Å². The molecule has 7 heteroatoms. The number of hydrogen-bond donors (Lipinski definition) is 3. The first kappa shape index (κ1) is 17.1. The molecule has 116 valence electrons. The summed E-state index contributed by atoms with van der Waals surface area (Å²) in [7, 11) is 0. The number of alkyl carbamates (subject to hydrolysis) is 1. The molecule has 0 aliphatic rings. The van der Waals surface area contributed by atoms with E-state index in [1.807, 2.05) is 24.3 Å². The molecule has 0 atom stereocenters. The van der Waals surface area contributed by atoms with Gasteiger partial charge in [-0.15, -0.1) is 0 Å². The molecule has 0 saturated carbocycles. The van der Waals surface area contributed by atoms with Crippen molar-refractivity contribution < 1.29 is 14.3 Å². The van der Waals surface area contributed by atoms with Crippen LogP contribution in [0.25, 0.3) is 0 Å². The van der Waals surface area contributed by atoms with E-state index in [2.05, 4.69) is 20.7 Å². The van der Waals surface area contributed by atoms with Gasteiger partial charge in [-0.2, -0.15) is 0 Å². The molecule has 1 aromatic carbocycles. The average Bonchev–Trinajstić information content (AvgIpc) is 2.46. The third-order valence-corrected chi connectivity index (χ3v) is 2.82. The molecule has 0 aromatic heterocycles. The summed E-state index contributed by atoms with van der Waals surface area (Å²) in [5.74, 6) is 0. The van der Waals surface area contributed by atoms with Gasteiger partial charge in [0.15, 0.2) is 0 Å². The Morgan fingerprint density at radius 1 is 1.05 bits per heavy atom. The van der Waals surface area contributed by atoms with Crippen LogP contribution in [0.5, 0.6) is 0 Å². The standard InChI is InChI=1S/C14H20ClN3O3/c1-2-21-14(20)18-10-9-17-13(19)16-8-7-11-3-5-12(15)6-4-11/h3-6H,2,7-10H2,1H3,(H,18,20)(H2,16,17,19). The van der Waals surface area contributed by atoms with Gasteiger partial charge < -0.3 is 20.7 Å². The smallest absolute Gasteiger partial charge is 0.407 e. The van der Waals surface area contributed by atoms with E-state index < -0.39 is 6.09 Å². The van der Waals surface area contributed by atoms with Crippen molar-refractivity contribution in [3.05, 3.63) is 34.9 Å². The number of urea groups is 1. The second kappa shape index (κ2) is 9.88. The lowest BCUT2D eigenvalue weighted by molar-refractivity contribution is 0.152. The zero-order valence-electron chi connectivity index (χ0n) is 11.9. The van der Waals surface area contributed by atoms with Gasteiger partial charge in [-0.25, -0.2) is 9.59 Å². The number of halogens is 1. The maximum absolute atomic E-state index is 11.5. The third kappa shape index (κ3) is 8.04. The molecule has 0 unspecified atom stereocenters. The lowest BCUT2D eigenvalue weighted by Crippen LogP contribution is -2.41. The molecule has 0 aliphatic heterocycles. The number of carbonyl (C=O) groups excluding carboxylic acids is 2. The Labute approximate surface area is 129 Å². The highest BCUT2D eigenvalue weighted by atomic mass is 35.5. The Morgan fingerprint density at radius 3 is 2.33 bits per heavy atom. The van der Waals surface area contributed by atoms with Gasteiger partial charge in [-0.3, -0.25) is 0 Å². The summed E-state index contributed by atoms with van der Waals surface area (Å²) >= 11 is 5.79. The summed E-state index contributed by atoms with van der Waals surface area (Å²) in [6.45, 7) is 3.24. The zero-order valence-corrected chi connectivity index (χ0v) is 12.7. The van der Waals surface area contributed by atoms with E-state index in [-0.39, 0.29) is 6.03 Å². The number of rotatable bonds is 7. The fourth-order valence-electron chi connectivity index (χ4n) is 1.56. The molecule has 0 aliphatic carbocycles. The number of ether oxygens (including phenoxy) is 1. The first-order valence-electron chi connectivity index (χ1n) is 6.78. The molecule has 0 fully saturated rings. The lowest BCUT2D eigenvalue weighted by Gasteiger charge is -2.08. The molecule has 6 nitrogen and oxygen atoms in total. The van der Waals surface area contributed by atoms with Crippen molar-refractivity contribution in [3.63, 3.8) is 0 Å². The summed E-state index contributed by atoms with van der Waals surface area (Å²) in [4.78, 5) is 22.4. The Balaban J connectivity index is 2.06. The molecule has 1 aromatic rings. The van der Waals surface area contributed by atoms with E-state index in [0.717, 1.165) is 12.0 Å². The summed E-state index contributed by atoms with van der Waals surface area (Å²) in [5, 5.41) is 8.57. The highest BCUT2D eigenvalue weighted by molar-refractivity contribution is 6.30. The van der Waals surface area contributed by atoms with Crippen LogP contribution < -0.4 is 16.0 Å². The van der Waals surface area contributed by atoms with E-state index in [1.165, 1.54) is 0 Å². The Kier molecular flexibility index (Phi) is 8.04. The number of hydrogen-bond acceptors (Lipinski definition) is 3. The molecule has 21 heavy (non-hydrogen) atoms. The Bertz CT molecular complexity index is 451. The van der Waals surface area contributed by atoms with Gasteiger partial charge in [-0.05, 0) is 31.0 Å². The van der Waals surface area contributed by atoms with Crippen LogP contribution in [0.2, 0.25) is 5.02 Å². The Hall–Kier alpha value is -1.95. The molecule has 0 bridgehead atoms. The van der Waals surface area contributed by atoms with Crippen molar-refractivity contribution in [3.8, 4) is 0 Å². The SMILES string of the molecule is CCOC(=O)NCCNC(=O)NCCc1ccc(Cl)cc1. The van der Waals surface area contributed by atoms with Crippen LogP contribution in [0.1, 0.15) is 12.5 Å². The second-order valence-electron chi connectivity index (χ2n) is 4.21. The van der Waals surface area contributed by atoms with Gasteiger partial charge in [0.05, 0.1) is 6.61 Å². The van der Waals surface area contributed by atoms with Gasteiger partial charge in [-0.1, -0.05) is 23.7 Å². The van der Waals surface area contributed by atoms with Crippen LogP contribution in [0.3, 0.4) is 0 Å². The minimum atomic E-state index is -0.484. The van der Waals surface area contributed by atoms with Crippen molar-refractivity contribution in [2.75, 3.05) is 26.2 Å². The molecule has 3 N–H and O–H groups in total. The molecule has 0 radical (unpaired) electrons. The lowest BCUT2D eigenvalue weighted by atomic mass is 10.1. The predicted molar refractivity (Wildman–Crippen MR) is 81.6 cm³/mol. The first-order valence-corrected chi connectivity index (χ1v) is 7.16. The van der Waals surface area contributed by atoms with Crippen molar-refractivity contribution in [1.29, 1.82) is 0 Å². The predicted octanol–water partition coefficient (Wildman–Crippen LogP) is 1.93. The number of amides is 3. The number of carbonyl (C=O) groups is 2. The molecule has 0 saturated heterocycles. The van der Waals surface area contributed by atoms with E-state index >= 15 is 0 Å². The topological polar surface area (TPSA) is 79.5 Å². The molecule has 0 heterocycles. The molecule has 0 spiro atoms. The van der Waals surface area contributed by atoms with Crippen molar-refractivity contribution in [1.82, 2.24) is 16.0 Å². The fraction of sp³-hybridized carbons (Fsp3) is 0.429. The summed E-state index contributed by atoms with van der Waals surface area (Å²) in [6, 6.07) is 7.21. The molecular formula is C14H20ClN3O3. The van der Waals surface area contributed by atoms with E-state index in [1.54, 1.807) is 6.92 Å². The van der Waals surface area contributed by atoms with Crippen LogP contribution in [0, 0.1) is 0 Å². The Morgan fingerprint density at radius 2 is 1.67 bits per heavy atom. The van der Waals surface area contributed by atoms with Crippen LogP contribution in [-0.2, 0) is 11.2 Å². The molecule has 1 rings (SSSR count). The van der Waals surface area contributed by atoms with Gasteiger partial charge in [0.2, 0.25) is 0 Å². The summed E-state index contributed by atoms with van der Waals surface area (Å²) in [6.07, 6.45) is 0.244. The van der Waals surface area contributed by atoms with Gasteiger partial charge >= 0.3 is 12.1 Å². The highest BCUT2D eigenvalue weighted by Gasteiger charge is 2.01. The van der Waals surface area contributed by atoms with Gasteiger partial charge in [0, 0.05) is 24.7 Å². The normalized spacial score (nSPS) is 9.81. The van der Waals surface area contributed by atoms with Gasteiger partial charge in [0.25, 0.3) is 0 Å². The highest BCUT2D eigenvalue weighted by Crippen LogP contribution is 2.09. The quantitative estimate of drug-likeness (QED) is 0.673. The average molecular weight is 314 g/mol. The first-order chi connectivity index (χ1) is 10.1. The van der Waals surface area contributed by atoms with Gasteiger partial charge in [0.1, 0.15) is 0 Å². The van der Waals surface area contributed by atoms with E-state index in [4.69, 9.17) is 11.6 Å². The van der Waals surface area contributed by atoms with Crippen molar-refractivity contribution in [2.24, 2.45) is 0 Å². The maximum Gasteiger partial charge on any atom is 0.407 e. The van der Waals surface area contributed by atoms with Crippen molar-refractivity contribution in [2.45, 2.75) is 13.3 Å².